The number of aromatic nitrogens is 1. The summed E-state index contributed by atoms with van der Waals surface area (Å²) in [5.74, 6) is 0.468. The molecule has 3 heterocycles. The molecule has 0 bridgehead atoms. The molecule has 1 N–H and O–H groups in total. The Balaban J connectivity index is 1.86. The average molecular weight is 272 g/mol. The van der Waals surface area contributed by atoms with Crippen molar-refractivity contribution in [3.8, 4) is 5.75 Å². The number of rotatable bonds is 0. The van der Waals surface area contributed by atoms with E-state index < -0.39 is 0 Å². The molecule has 0 radical (unpaired) electrons. The fourth-order valence-corrected chi connectivity index (χ4v) is 3.41. The molecule has 2 aromatic carbocycles. The molecule has 0 aliphatic carbocycles. The maximum Gasteiger partial charge on any atom is 0.150 e. The fourth-order valence-electron chi connectivity index (χ4n) is 3.41. The lowest BCUT2D eigenvalue weighted by Gasteiger charge is -2.17. The molecule has 100 valence electrons. The Kier molecular flexibility index (Phi) is 1.89. The number of aliphatic imine (C=N–C) groups is 1. The molecule has 0 fully saturated rings. The molecule has 1 aromatic heterocycles. The van der Waals surface area contributed by atoms with Crippen molar-refractivity contribution in [2.75, 3.05) is 0 Å². The SMILES string of the molecule is Oc1c2n(c3ccccc13)C=CC1C2=Nc2ccccc21. The van der Waals surface area contributed by atoms with Gasteiger partial charge in [0, 0.05) is 11.6 Å². The molecule has 0 saturated carbocycles. The molecule has 21 heavy (non-hydrogen) atoms. The van der Waals surface area contributed by atoms with E-state index in [2.05, 4.69) is 12.1 Å². The van der Waals surface area contributed by atoms with Crippen LogP contribution in [0.3, 0.4) is 0 Å². The first-order chi connectivity index (χ1) is 10.3. The van der Waals surface area contributed by atoms with Gasteiger partial charge in [0.25, 0.3) is 0 Å². The minimum Gasteiger partial charge on any atom is -0.505 e. The lowest BCUT2D eigenvalue weighted by molar-refractivity contribution is 0.479. The van der Waals surface area contributed by atoms with E-state index in [1.807, 2.05) is 53.2 Å². The summed E-state index contributed by atoms with van der Waals surface area (Å²) in [6.45, 7) is 0. The number of para-hydroxylation sites is 2. The number of nitrogens with zero attached hydrogens (tertiary/aromatic N) is 2. The first kappa shape index (κ1) is 10.9. The van der Waals surface area contributed by atoms with Gasteiger partial charge < -0.3 is 9.67 Å². The summed E-state index contributed by atoms with van der Waals surface area (Å²) in [6, 6.07) is 16.1. The van der Waals surface area contributed by atoms with E-state index in [1.165, 1.54) is 5.56 Å². The summed E-state index contributed by atoms with van der Waals surface area (Å²) in [6.07, 6.45) is 4.20. The minimum absolute atomic E-state index is 0.143. The monoisotopic (exact) mass is 272 g/mol. The van der Waals surface area contributed by atoms with E-state index in [4.69, 9.17) is 4.99 Å². The van der Waals surface area contributed by atoms with Crippen molar-refractivity contribution in [3.63, 3.8) is 0 Å². The molecule has 3 aromatic rings. The first-order valence-electron chi connectivity index (χ1n) is 7.02. The lowest BCUT2D eigenvalue weighted by atomic mass is 9.92. The average Bonchev–Trinajstić information content (AvgIpc) is 3.04. The molecule has 0 amide bonds. The fraction of sp³-hybridized carbons (Fsp3) is 0.0556. The van der Waals surface area contributed by atoms with Crippen molar-refractivity contribution in [2.45, 2.75) is 5.92 Å². The smallest absolute Gasteiger partial charge is 0.150 e. The van der Waals surface area contributed by atoms with E-state index in [-0.39, 0.29) is 5.92 Å². The predicted octanol–water partition coefficient (Wildman–Crippen LogP) is 4.05. The molecule has 3 nitrogen and oxygen atoms in total. The van der Waals surface area contributed by atoms with Crippen LogP contribution in [-0.4, -0.2) is 15.4 Å². The Morgan fingerprint density at radius 1 is 1.00 bits per heavy atom. The Bertz CT molecular complexity index is 963. The van der Waals surface area contributed by atoms with Crippen molar-refractivity contribution in [1.29, 1.82) is 0 Å². The summed E-state index contributed by atoms with van der Waals surface area (Å²) < 4.78 is 2.03. The maximum atomic E-state index is 10.6. The quantitative estimate of drug-likeness (QED) is 0.658. The van der Waals surface area contributed by atoms with Crippen molar-refractivity contribution in [1.82, 2.24) is 4.57 Å². The van der Waals surface area contributed by atoms with E-state index in [0.29, 0.717) is 5.75 Å². The highest BCUT2D eigenvalue weighted by atomic mass is 16.3. The molecule has 2 aliphatic heterocycles. The molecule has 1 atom stereocenters. The van der Waals surface area contributed by atoms with Gasteiger partial charge in [-0.3, -0.25) is 0 Å². The van der Waals surface area contributed by atoms with Crippen LogP contribution in [0.5, 0.6) is 5.75 Å². The molecule has 3 heteroatoms. The third-order valence-electron chi connectivity index (χ3n) is 4.36. The van der Waals surface area contributed by atoms with Gasteiger partial charge in [0.05, 0.1) is 22.8 Å². The zero-order chi connectivity index (χ0) is 14.0. The van der Waals surface area contributed by atoms with E-state index in [0.717, 1.165) is 28.0 Å². The minimum atomic E-state index is 0.143. The largest absolute Gasteiger partial charge is 0.505 e. The first-order valence-corrected chi connectivity index (χ1v) is 7.02. The van der Waals surface area contributed by atoms with E-state index in [9.17, 15) is 5.11 Å². The second kappa shape index (κ2) is 3.64. The number of fused-ring (bicyclic) bond motifs is 7. The van der Waals surface area contributed by atoms with Gasteiger partial charge in [0.2, 0.25) is 0 Å². The van der Waals surface area contributed by atoms with Gasteiger partial charge in [-0.25, -0.2) is 4.99 Å². The summed E-state index contributed by atoms with van der Waals surface area (Å²) in [5, 5.41) is 11.5. The van der Waals surface area contributed by atoms with Crippen LogP contribution >= 0.6 is 0 Å². The molecule has 1 unspecified atom stereocenters. The predicted molar refractivity (Wildman–Crippen MR) is 84.3 cm³/mol. The second-order valence-corrected chi connectivity index (χ2v) is 5.46. The molecule has 0 spiro atoms. The molecular weight excluding hydrogens is 260 g/mol. The highest BCUT2D eigenvalue weighted by Crippen LogP contribution is 2.45. The second-order valence-electron chi connectivity index (χ2n) is 5.46. The maximum absolute atomic E-state index is 10.6. The van der Waals surface area contributed by atoms with Crippen molar-refractivity contribution in [2.24, 2.45) is 4.99 Å². The van der Waals surface area contributed by atoms with Gasteiger partial charge in [-0.05, 0) is 23.8 Å². The number of aromatic hydroxyl groups is 1. The topological polar surface area (TPSA) is 37.5 Å². The van der Waals surface area contributed by atoms with Crippen LogP contribution in [0.1, 0.15) is 17.2 Å². The van der Waals surface area contributed by atoms with Gasteiger partial charge in [-0.15, -0.1) is 0 Å². The summed E-state index contributed by atoms with van der Waals surface area (Å²) in [5.41, 5.74) is 4.98. The lowest BCUT2D eigenvalue weighted by Crippen LogP contribution is -2.15. The molecular formula is C18H12N2O. The summed E-state index contributed by atoms with van der Waals surface area (Å²) in [7, 11) is 0. The standard InChI is InChI=1S/C18H12N2O/c21-18-13-6-2-4-8-15(13)20-10-9-12-11-5-1-3-7-14(11)19-16(12)17(18)20/h1-10,12,21H. The zero-order valence-electron chi connectivity index (χ0n) is 11.2. The van der Waals surface area contributed by atoms with Gasteiger partial charge >= 0.3 is 0 Å². The van der Waals surface area contributed by atoms with Gasteiger partial charge in [0.15, 0.2) is 5.75 Å². The third-order valence-corrected chi connectivity index (χ3v) is 4.36. The van der Waals surface area contributed by atoms with Gasteiger partial charge in [0.1, 0.15) is 5.69 Å². The number of hydrogen-bond acceptors (Lipinski definition) is 2. The molecule has 5 rings (SSSR count). The summed E-state index contributed by atoms with van der Waals surface area (Å²) in [4.78, 5) is 4.76. The number of benzene rings is 2. The van der Waals surface area contributed by atoms with Crippen LogP contribution in [-0.2, 0) is 0 Å². The van der Waals surface area contributed by atoms with Crippen LogP contribution < -0.4 is 0 Å². The van der Waals surface area contributed by atoms with Crippen molar-refractivity contribution in [3.05, 3.63) is 65.9 Å². The Morgan fingerprint density at radius 3 is 2.76 bits per heavy atom. The van der Waals surface area contributed by atoms with Crippen LogP contribution in [0, 0.1) is 0 Å². The van der Waals surface area contributed by atoms with E-state index in [1.54, 1.807) is 0 Å². The molecule has 2 aliphatic rings. The van der Waals surface area contributed by atoms with Crippen LogP contribution in [0.15, 0.2) is 59.6 Å². The number of allylic oxidation sites excluding steroid dienone is 1. The highest BCUT2D eigenvalue weighted by molar-refractivity contribution is 6.17. The van der Waals surface area contributed by atoms with Gasteiger partial charge in [-0.1, -0.05) is 36.4 Å². The van der Waals surface area contributed by atoms with Gasteiger partial charge in [-0.2, -0.15) is 0 Å². The van der Waals surface area contributed by atoms with Crippen molar-refractivity contribution < 1.29 is 5.11 Å². The van der Waals surface area contributed by atoms with E-state index >= 15 is 0 Å². The van der Waals surface area contributed by atoms with Crippen LogP contribution in [0.25, 0.3) is 17.1 Å². The normalized spacial score (nSPS) is 18.3. The highest BCUT2D eigenvalue weighted by Gasteiger charge is 2.33. The molecule has 0 saturated heterocycles. The van der Waals surface area contributed by atoms with Crippen LogP contribution in [0.4, 0.5) is 5.69 Å². The number of hydrogen-bond donors (Lipinski definition) is 1. The summed E-state index contributed by atoms with van der Waals surface area (Å²) >= 11 is 0. The zero-order valence-corrected chi connectivity index (χ0v) is 11.2. The Morgan fingerprint density at radius 2 is 1.81 bits per heavy atom. The van der Waals surface area contributed by atoms with Crippen molar-refractivity contribution >= 4 is 28.5 Å². The Labute approximate surface area is 121 Å². The van der Waals surface area contributed by atoms with Crippen LogP contribution in [0.2, 0.25) is 0 Å². The Hall–Kier alpha value is -2.81. The third kappa shape index (κ3) is 1.26.